The van der Waals surface area contributed by atoms with Crippen molar-refractivity contribution < 1.29 is 9.90 Å². The molecule has 2 fully saturated rings. The van der Waals surface area contributed by atoms with Gasteiger partial charge in [0, 0.05) is 49.3 Å². The Balaban J connectivity index is 1.29. The summed E-state index contributed by atoms with van der Waals surface area (Å²) in [4.78, 5) is 29.3. The molecule has 7 nitrogen and oxygen atoms in total. The van der Waals surface area contributed by atoms with Gasteiger partial charge in [-0.25, -0.2) is 9.97 Å². The van der Waals surface area contributed by atoms with Crippen molar-refractivity contribution in [2.45, 2.75) is 44.1 Å². The summed E-state index contributed by atoms with van der Waals surface area (Å²) >= 11 is 3.52. The molecule has 0 spiro atoms. The maximum absolute atomic E-state index is 13.8. The number of fused-ring (bicyclic) bond motifs is 1. The Labute approximate surface area is 210 Å². The molecule has 34 heavy (non-hydrogen) atoms. The highest BCUT2D eigenvalue weighted by Crippen LogP contribution is 2.42. The summed E-state index contributed by atoms with van der Waals surface area (Å²) in [5.41, 5.74) is 2.92. The number of carbonyl (C=O) groups excluding carboxylic acids is 1. The minimum absolute atomic E-state index is 0.165. The lowest BCUT2D eigenvalue weighted by Gasteiger charge is -2.38. The van der Waals surface area contributed by atoms with Crippen LogP contribution in [0.5, 0.6) is 0 Å². The number of anilines is 1. The molecule has 1 N–H and O–H groups in total. The molecule has 0 bridgehead atoms. The van der Waals surface area contributed by atoms with Gasteiger partial charge in [-0.1, -0.05) is 35.0 Å². The summed E-state index contributed by atoms with van der Waals surface area (Å²) in [6.45, 7) is 6.76. The SMILES string of the molecule is CC1CC(O)c2ncnc(N3CCN(C(=O)[C@H](CN(C)CC4CC4)c4ccc(Br)cc4)CC3)c21. The highest BCUT2D eigenvalue weighted by molar-refractivity contribution is 9.10. The quantitative estimate of drug-likeness (QED) is 0.593. The van der Waals surface area contributed by atoms with E-state index in [9.17, 15) is 9.90 Å². The molecule has 182 valence electrons. The van der Waals surface area contributed by atoms with Crippen LogP contribution in [0.3, 0.4) is 0 Å². The summed E-state index contributed by atoms with van der Waals surface area (Å²) in [5.74, 6) is 2.01. The van der Waals surface area contributed by atoms with Crippen molar-refractivity contribution >= 4 is 27.7 Å². The molecule has 1 saturated heterocycles. The van der Waals surface area contributed by atoms with Gasteiger partial charge in [0.1, 0.15) is 12.1 Å². The molecule has 1 saturated carbocycles. The summed E-state index contributed by atoms with van der Waals surface area (Å²) < 4.78 is 1.03. The van der Waals surface area contributed by atoms with E-state index in [1.165, 1.54) is 12.8 Å². The van der Waals surface area contributed by atoms with E-state index in [0.717, 1.165) is 59.2 Å². The fourth-order valence-electron chi connectivity index (χ4n) is 5.46. The molecule has 8 heteroatoms. The zero-order chi connectivity index (χ0) is 23.8. The Morgan fingerprint density at radius 3 is 2.56 bits per heavy atom. The van der Waals surface area contributed by atoms with Crippen molar-refractivity contribution in [3.8, 4) is 0 Å². The Hall–Kier alpha value is -2.03. The molecule has 2 aromatic rings. The van der Waals surface area contributed by atoms with E-state index in [1.54, 1.807) is 6.33 Å². The highest BCUT2D eigenvalue weighted by Gasteiger charge is 2.35. The van der Waals surface area contributed by atoms with Crippen molar-refractivity contribution in [1.82, 2.24) is 19.8 Å². The van der Waals surface area contributed by atoms with Crippen LogP contribution in [0.15, 0.2) is 35.1 Å². The van der Waals surface area contributed by atoms with Crippen molar-refractivity contribution in [3.05, 3.63) is 51.9 Å². The van der Waals surface area contributed by atoms with Crippen molar-refractivity contribution in [2.75, 3.05) is 51.2 Å². The van der Waals surface area contributed by atoms with E-state index < -0.39 is 6.10 Å². The number of hydrogen-bond acceptors (Lipinski definition) is 6. The third kappa shape index (κ3) is 4.99. The van der Waals surface area contributed by atoms with E-state index >= 15 is 0 Å². The lowest BCUT2D eigenvalue weighted by Crippen LogP contribution is -2.51. The number of aromatic nitrogens is 2. The molecule has 5 rings (SSSR count). The minimum atomic E-state index is -0.506. The van der Waals surface area contributed by atoms with Gasteiger partial charge in [-0.2, -0.15) is 0 Å². The Morgan fingerprint density at radius 1 is 1.18 bits per heavy atom. The van der Waals surface area contributed by atoms with E-state index in [1.807, 2.05) is 17.0 Å². The third-order valence-electron chi connectivity index (χ3n) is 7.50. The van der Waals surface area contributed by atoms with Gasteiger partial charge in [0.15, 0.2) is 0 Å². The van der Waals surface area contributed by atoms with Gasteiger partial charge in [0.25, 0.3) is 0 Å². The zero-order valence-corrected chi connectivity index (χ0v) is 21.6. The molecule has 3 aliphatic rings. The molecular weight excluding hydrogens is 494 g/mol. The second kappa shape index (κ2) is 9.91. The topological polar surface area (TPSA) is 72.8 Å². The predicted octanol–water partition coefficient (Wildman–Crippen LogP) is 3.55. The molecule has 1 aromatic heterocycles. The summed E-state index contributed by atoms with van der Waals surface area (Å²) in [6, 6.07) is 8.20. The maximum Gasteiger partial charge on any atom is 0.231 e. The molecule has 1 amide bonds. The maximum atomic E-state index is 13.8. The van der Waals surface area contributed by atoms with Crippen LogP contribution < -0.4 is 4.90 Å². The summed E-state index contributed by atoms with van der Waals surface area (Å²) in [6.07, 6.45) is 4.38. The fraction of sp³-hybridized carbons (Fsp3) is 0.577. The minimum Gasteiger partial charge on any atom is -0.387 e. The second-order valence-corrected chi connectivity index (χ2v) is 11.1. The monoisotopic (exact) mass is 527 g/mol. The van der Waals surface area contributed by atoms with Gasteiger partial charge in [-0.15, -0.1) is 0 Å². The molecule has 2 heterocycles. The second-order valence-electron chi connectivity index (χ2n) is 10.2. The lowest BCUT2D eigenvalue weighted by atomic mass is 9.96. The van der Waals surface area contributed by atoms with Crippen LogP contribution >= 0.6 is 15.9 Å². The summed E-state index contributed by atoms with van der Waals surface area (Å²) in [7, 11) is 2.14. The largest absolute Gasteiger partial charge is 0.387 e. The van der Waals surface area contributed by atoms with Gasteiger partial charge in [-0.3, -0.25) is 4.79 Å². The first-order valence-corrected chi connectivity index (χ1v) is 13.2. The van der Waals surface area contributed by atoms with E-state index in [4.69, 9.17) is 0 Å². The molecule has 1 aliphatic heterocycles. The molecule has 1 aromatic carbocycles. The van der Waals surface area contributed by atoms with E-state index in [-0.39, 0.29) is 17.7 Å². The van der Waals surface area contributed by atoms with E-state index in [0.29, 0.717) is 19.5 Å². The van der Waals surface area contributed by atoms with Gasteiger partial charge >= 0.3 is 0 Å². The molecule has 2 aliphatic carbocycles. The van der Waals surface area contributed by atoms with Crippen molar-refractivity contribution in [3.63, 3.8) is 0 Å². The third-order valence-corrected chi connectivity index (χ3v) is 8.03. The number of piperazine rings is 1. The van der Waals surface area contributed by atoms with Crippen LogP contribution in [0, 0.1) is 5.92 Å². The average Bonchev–Trinajstić information content (AvgIpc) is 3.61. The average molecular weight is 528 g/mol. The molecule has 3 atom stereocenters. The number of carbonyl (C=O) groups is 1. The van der Waals surface area contributed by atoms with Crippen LogP contribution in [0.2, 0.25) is 0 Å². The number of rotatable bonds is 7. The van der Waals surface area contributed by atoms with Crippen LogP contribution in [0.25, 0.3) is 0 Å². The Kier molecular flexibility index (Phi) is 6.91. The number of hydrogen-bond donors (Lipinski definition) is 1. The van der Waals surface area contributed by atoms with Crippen LogP contribution in [0.1, 0.15) is 60.9 Å². The fourth-order valence-corrected chi connectivity index (χ4v) is 5.73. The number of halogens is 1. The van der Waals surface area contributed by atoms with Gasteiger partial charge in [-0.05, 0) is 55.8 Å². The van der Waals surface area contributed by atoms with Crippen LogP contribution in [-0.2, 0) is 4.79 Å². The van der Waals surface area contributed by atoms with Gasteiger partial charge in [0.2, 0.25) is 5.91 Å². The Bertz CT molecular complexity index is 1020. The van der Waals surface area contributed by atoms with Gasteiger partial charge < -0.3 is 19.8 Å². The van der Waals surface area contributed by atoms with Crippen LogP contribution in [0.4, 0.5) is 5.82 Å². The number of aliphatic hydroxyl groups is 1. The first-order valence-electron chi connectivity index (χ1n) is 12.4. The normalized spacial score (nSPS) is 23.3. The first-order chi connectivity index (χ1) is 16.4. The Morgan fingerprint density at radius 2 is 1.88 bits per heavy atom. The molecule has 0 radical (unpaired) electrons. The van der Waals surface area contributed by atoms with Crippen molar-refractivity contribution in [2.24, 2.45) is 5.92 Å². The smallest absolute Gasteiger partial charge is 0.231 e. The summed E-state index contributed by atoms with van der Waals surface area (Å²) in [5, 5.41) is 10.3. The van der Waals surface area contributed by atoms with Gasteiger partial charge in [0.05, 0.1) is 17.7 Å². The van der Waals surface area contributed by atoms with Crippen LogP contribution in [-0.4, -0.2) is 77.1 Å². The standard InChI is InChI=1S/C26H34BrN5O2/c1-17-13-22(33)24-23(17)25(29-16-28-24)31-9-11-32(12-10-31)26(34)21(15-30(2)14-18-3-4-18)19-5-7-20(27)8-6-19/h5-8,16-18,21-22,33H,3-4,9-15H2,1-2H3/t17?,21-,22?/m1/s1. The first kappa shape index (κ1) is 23.7. The number of amides is 1. The molecule has 2 unspecified atom stereocenters. The number of nitrogens with zero attached hydrogens (tertiary/aromatic N) is 5. The highest BCUT2D eigenvalue weighted by atomic mass is 79.9. The predicted molar refractivity (Wildman–Crippen MR) is 136 cm³/mol. The zero-order valence-electron chi connectivity index (χ0n) is 20.0. The van der Waals surface area contributed by atoms with E-state index in [2.05, 4.69) is 61.8 Å². The number of likely N-dealkylation sites (N-methyl/N-ethyl adjacent to an activating group) is 1. The lowest BCUT2D eigenvalue weighted by molar-refractivity contribution is -0.133. The number of aliphatic hydroxyl groups excluding tert-OH is 1. The number of benzene rings is 1. The van der Waals surface area contributed by atoms with Crippen molar-refractivity contribution in [1.29, 1.82) is 0 Å². The molecular formula is C26H34BrN5O2.